The van der Waals surface area contributed by atoms with Crippen LogP contribution in [0.5, 0.6) is 0 Å². The van der Waals surface area contributed by atoms with Crippen molar-refractivity contribution < 1.29 is 13.2 Å². The molecule has 0 atom stereocenters. The lowest BCUT2D eigenvalue weighted by atomic mass is 10.1. The van der Waals surface area contributed by atoms with Crippen LogP contribution in [0.15, 0.2) is 41.0 Å². The number of benzene rings is 1. The lowest BCUT2D eigenvalue weighted by molar-refractivity contribution is 0.579. The minimum Gasteiger partial charge on any atom is -0.462 e. The molecule has 0 fully saturated rings. The number of fused-ring (bicyclic) bond motifs is 1. The molecule has 110 valence electrons. The van der Waals surface area contributed by atoms with Crippen LogP contribution in [0.2, 0.25) is 0 Å². The highest BCUT2D eigenvalue weighted by atomic mass is 32.1. The fourth-order valence-corrected chi connectivity index (χ4v) is 2.99. The molecule has 22 heavy (non-hydrogen) atoms. The largest absolute Gasteiger partial charge is 0.462 e. The Morgan fingerprint density at radius 3 is 2.68 bits per heavy atom. The van der Waals surface area contributed by atoms with E-state index in [1.54, 1.807) is 22.9 Å². The lowest BCUT2D eigenvalue weighted by Gasteiger charge is -1.99. The summed E-state index contributed by atoms with van der Waals surface area (Å²) in [5, 5.41) is 13.1. The summed E-state index contributed by atoms with van der Waals surface area (Å²) < 4.78 is 33.4. The Morgan fingerprint density at radius 2 is 1.95 bits per heavy atom. The van der Waals surface area contributed by atoms with Crippen molar-refractivity contribution in [2.45, 2.75) is 6.42 Å². The molecule has 0 aliphatic rings. The summed E-state index contributed by atoms with van der Waals surface area (Å²) in [6.07, 6.45) is 1.80. The third kappa shape index (κ3) is 2.27. The van der Waals surface area contributed by atoms with Crippen LogP contribution in [0.3, 0.4) is 0 Å². The van der Waals surface area contributed by atoms with E-state index in [0.29, 0.717) is 27.1 Å². The number of furan rings is 1. The van der Waals surface area contributed by atoms with Gasteiger partial charge in [-0.25, -0.2) is 8.78 Å². The molecule has 0 saturated heterocycles. The van der Waals surface area contributed by atoms with E-state index in [1.807, 2.05) is 0 Å². The molecular weight excluding hydrogens is 310 g/mol. The van der Waals surface area contributed by atoms with E-state index in [2.05, 4.69) is 15.3 Å². The first-order valence-electron chi connectivity index (χ1n) is 6.39. The maximum atomic E-state index is 13.3. The second kappa shape index (κ2) is 4.99. The Hall–Kier alpha value is -2.61. The van der Waals surface area contributed by atoms with Gasteiger partial charge in [0, 0.05) is 12.5 Å². The van der Waals surface area contributed by atoms with Crippen LogP contribution in [-0.2, 0) is 6.42 Å². The minimum atomic E-state index is -0.620. The van der Waals surface area contributed by atoms with Gasteiger partial charge in [-0.1, -0.05) is 11.3 Å². The van der Waals surface area contributed by atoms with Crippen molar-refractivity contribution in [2.75, 3.05) is 0 Å². The molecule has 0 unspecified atom stereocenters. The fraction of sp³-hybridized carbons (Fsp3) is 0.0714. The monoisotopic (exact) mass is 318 g/mol. The van der Waals surface area contributed by atoms with Gasteiger partial charge < -0.3 is 4.42 Å². The Kier molecular flexibility index (Phi) is 2.97. The molecule has 8 heteroatoms. The number of rotatable bonds is 3. The molecule has 3 heterocycles. The van der Waals surface area contributed by atoms with Crippen LogP contribution < -0.4 is 0 Å². The molecule has 0 bridgehead atoms. The van der Waals surface area contributed by atoms with Gasteiger partial charge in [0.05, 0.1) is 6.26 Å². The van der Waals surface area contributed by atoms with Gasteiger partial charge in [-0.3, -0.25) is 0 Å². The van der Waals surface area contributed by atoms with Crippen molar-refractivity contribution in [2.24, 2.45) is 0 Å². The molecule has 0 N–H and O–H groups in total. The van der Waals surface area contributed by atoms with Crippen LogP contribution >= 0.6 is 11.3 Å². The van der Waals surface area contributed by atoms with Crippen LogP contribution in [0.1, 0.15) is 11.4 Å². The van der Waals surface area contributed by atoms with E-state index in [9.17, 15) is 8.78 Å². The van der Waals surface area contributed by atoms with Gasteiger partial charge >= 0.3 is 0 Å². The summed E-state index contributed by atoms with van der Waals surface area (Å²) in [5.74, 6) is -0.0945. The second-order valence-corrected chi connectivity index (χ2v) is 5.61. The summed E-state index contributed by atoms with van der Waals surface area (Å²) >= 11 is 1.33. The predicted molar refractivity (Wildman–Crippen MR) is 75.5 cm³/mol. The minimum absolute atomic E-state index is 0.233. The normalized spacial score (nSPS) is 11.4. The van der Waals surface area contributed by atoms with Crippen LogP contribution in [0.4, 0.5) is 8.78 Å². The van der Waals surface area contributed by atoms with Crippen LogP contribution in [0.25, 0.3) is 15.7 Å². The number of halogens is 2. The van der Waals surface area contributed by atoms with E-state index in [1.165, 1.54) is 23.5 Å². The Labute approximate surface area is 126 Å². The molecule has 0 spiro atoms. The average molecular weight is 318 g/mol. The van der Waals surface area contributed by atoms with E-state index in [4.69, 9.17) is 4.42 Å². The van der Waals surface area contributed by atoms with Gasteiger partial charge in [0.2, 0.25) is 4.96 Å². The first-order chi connectivity index (χ1) is 10.7. The Bertz CT molecular complexity index is 925. The summed E-state index contributed by atoms with van der Waals surface area (Å²) in [5.41, 5.74) is 0.472. The smallest absolute Gasteiger partial charge is 0.235 e. The number of aromatic nitrogens is 4. The molecule has 5 nitrogen and oxygen atoms in total. The molecule has 3 aromatic heterocycles. The van der Waals surface area contributed by atoms with E-state index in [-0.39, 0.29) is 6.42 Å². The number of nitrogens with zero attached hydrogens (tertiary/aromatic N) is 4. The quantitative estimate of drug-likeness (QED) is 0.581. The topological polar surface area (TPSA) is 56.2 Å². The van der Waals surface area contributed by atoms with Gasteiger partial charge in [0.1, 0.15) is 11.6 Å². The lowest BCUT2D eigenvalue weighted by Crippen LogP contribution is -1.99. The third-order valence-corrected chi connectivity index (χ3v) is 3.99. The molecule has 0 aliphatic carbocycles. The maximum absolute atomic E-state index is 13.3. The maximum Gasteiger partial charge on any atom is 0.235 e. The van der Waals surface area contributed by atoms with Crippen molar-refractivity contribution >= 4 is 16.3 Å². The first-order valence-corrected chi connectivity index (χ1v) is 7.21. The van der Waals surface area contributed by atoms with E-state index >= 15 is 0 Å². The fourth-order valence-electron chi connectivity index (χ4n) is 2.16. The molecule has 4 rings (SSSR count). The average Bonchev–Trinajstić information content (AvgIpc) is 3.14. The molecule has 0 amide bonds. The van der Waals surface area contributed by atoms with Crippen molar-refractivity contribution in [1.29, 1.82) is 0 Å². The SMILES string of the molecule is Fc1cc(F)cc(Cc2nnc3sc(-c4ccco4)nn23)c1. The van der Waals surface area contributed by atoms with Gasteiger partial charge in [-0.15, -0.1) is 15.3 Å². The van der Waals surface area contributed by atoms with E-state index < -0.39 is 11.6 Å². The third-order valence-electron chi connectivity index (χ3n) is 3.07. The Balaban J connectivity index is 1.72. The molecule has 4 aromatic rings. The van der Waals surface area contributed by atoms with Gasteiger partial charge in [0.25, 0.3) is 0 Å². The van der Waals surface area contributed by atoms with Gasteiger partial charge in [0.15, 0.2) is 16.6 Å². The number of hydrogen-bond acceptors (Lipinski definition) is 5. The van der Waals surface area contributed by atoms with E-state index in [0.717, 1.165) is 6.07 Å². The molecular formula is C14H8F2N4OS. The Morgan fingerprint density at radius 1 is 1.14 bits per heavy atom. The van der Waals surface area contributed by atoms with Gasteiger partial charge in [-0.2, -0.15) is 4.52 Å². The van der Waals surface area contributed by atoms with Crippen molar-refractivity contribution in [3.05, 3.63) is 59.6 Å². The van der Waals surface area contributed by atoms with Crippen LogP contribution in [-0.4, -0.2) is 19.8 Å². The second-order valence-electron chi connectivity index (χ2n) is 4.65. The first kappa shape index (κ1) is 13.1. The number of hydrogen-bond donors (Lipinski definition) is 0. The van der Waals surface area contributed by atoms with Crippen molar-refractivity contribution in [3.63, 3.8) is 0 Å². The molecule has 0 radical (unpaired) electrons. The zero-order valence-corrected chi connectivity index (χ0v) is 11.8. The standard InChI is InChI=1S/C14H8F2N4OS/c15-9-4-8(5-10(16)7-9)6-12-17-18-14-20(12)19-13(22-14)11-2-1-3-21-11/h1-5,7H,6H2. The zero-order chi connectivity index (χ0) is 15.1. The molecule has 0 aliphatic heterocycles. The van der Waals surface area contributed by atoms with Crippen molar-refractivity contribution in [1.82, 2.24) is 19.8 Å². The molecule has 1 aromatic carbocycles. The predicted octanol–water partition coefficient (Wildman–Crippen LogP) is 3.31. The van der Waals surface area contributed by atoms with Crippen molar-refractivity contribution in [3.8, 4) is 10.8 Å². The highest BCUT2D eigenvalue weighted by molar-refractivity contribution is 7.19. The highest BCUT2D eigenvalue weighted by Crippen LogP contribution is 2.26. The summed E-state index contributed by atoms with van der Waals surface area (Å²) in [6.45, 7) is 0. The summed E-state index contributed by atoms with van der Waals surface area (Å²) in [6, 6.07) is 6.94. The van der Waals surface area contributed by atoms with Gasteiger partial charge in [-0.05, 0) is 29.8 Å². The molecule has 0 saturated carbocycles. The summed E-state index contributed by atoms with van der Waals surface area (Å²) in [7, 11) is 0. The highest BCUT2D eigenvalue weighted by Gasteiger charge is 2.15. The van der Waals surface area contributed by atoms with Crippen LogP contribution in [0, 0.1) is 11.6 Å². The zero-order valence-electron chi connectivity index (χ0n) is 11.0. The summed E-state index contributed by atoms with van der Waals surface area (Å²) in [4.78, 5) is 0.596.